The Morgan fingerprint density at radius 3 is 2.56 bits per heavy atom. The smallest absolute Gasteiger partial charge is 0.420 e. The molecule has 0 spiro atoms. The number of nitrogens with zero attached hydrogens (tertiary/aromatic N) is 1. The summed E-state index contributed by atoms with van der Waals surface area (Å²) in [7, 11) is 1.20. The number of benzene rings is 1. The normalized spacial score (nSPS) is 19.7. The highest BCUT2D eigenvalue weighted by molar-refractivity contribution is 5.87. The molecule has 25 heavy (non-hydrogen) atoms. The van der Waals surface area contributed by atoms with Crippen LogP contribution in [-0.4, -0.2) is 36.5 Å². The maximum Gasteiger partial charge on any atom is 0.420 e. The van der Waals surface area contributed by atoms with E-state index in [4.69, 9.17) is 4.74 Å². The Hall–Kier alpha value is -2.18. The zero-order valence-corrected chi connectivity index (χ0v) is 15.0. The average Bonchev–Trinajstić information content (AvgIpc) is 2.97. The predicted octanol–water partition coefficient (Wildman–Crippen LogP) is 4.33. The van der Waals surface area contributed by atoms with Gasteiger partial charge in [-0.2, -0.15) is 13.2 Å². The number of nitrogens with one attached hydrogen (secondary N) is 1. The number of methoxy groups -OCH3 is 1. The van der Waals surface area contributed by atoms with Gasteiger partial charge in [-0.1, -0.05) is 20.4 Å². The van der Waals surface area contributed by atoms with Crippen molar-refractivity contribution in [1.82, 2.24) is 4.90 Å². The van der Waals surface area contributed by atoms with E-state index in [-0.39, 0.29) is 11.7 Å². The lowest BCUT2D eigenvalue weighted by Gasteiger charge is -2.28. The lowest BCUT2D eigenvalue weighted by atomic mass is 10.0. The molecule has 1 heterocycles. The van der Waals surface area contributed by atoms with E-state index in [0.717, 1.165) is 6.07 Å². The van der Waals surface area contributed by atoms with Crippen LogP contribution in [0.3, 0.4) is 0 Å². The first-order valence-corrected chi connectivity index (χ1v) is 8.13. The maximum absolute atomic E-state index is 13.1. The van der Waals surface area contributed by atoms with E-state index < -0.39 is 17.3 Å². The van der Waals surface area contributed by atoms with E-state index in [2.05, 4.69) is 11.9 Å². The number of likely N-dealkylation sites (tertiary alicyclic amines) is 1. The predicted molar refractivity (Wildman–Crippen MR) is 92.8 cm³/mol. The van der Waals surface area contributed by atoms with E-state index in [0.29, 0.717) is 25.2 Å². The second-order valence-corrected chi connectivity index (χ2v) is 5.81. The number of hydrogen-bond donors (Lipinski definition) is 1. The van der Waals surface area contributed by atoms with Gasteiger partial charge in [0, 0.05) is 18.8 Å². The van der Waals surface area contributed by atoms with Crippen LogP contribution in [0.4, 0.5) is 18.9 Å². The third-order valence-electron chi connectivity index (χ3n) is 3.91. The summed E-state index contributed by atoms with van der Waals surface area (Å²) in [5.74, 6) is -0.399. The van der Waals surface area contributed by atoms with Crippen molar-refractivity contribution in [3.05, 3.63) is 36.4 Å². The number of rotatable bonds is 4. The summed E-state index contributed by atoms with van der Waals surface area (Å²) in [6.07, 6.45) is -2.62. The molecule has 1 aromatic rings. The van der Waals surface area contributed by atoms with Gasteiger partial charge in [-0.15, -0.1) is 0 Å². The van der Waals surface area contributed by atoms with E-state index in [1.54, 1.807) is 4.90 Å². The summed E-state index contributed by atoms with van der Waals surface area (Å²) < 4.78 is 44.0. The van der Waals surface area contributed by atoms with Crippen molar-refractivity contribution in [2.75, 3.05) is 25.5 Å². The highest BCUT2D eigenvalue weighted by atomic mass is 19.4. The molecule has 0 aliphatic carbocycles. The van der Waals surface area contributed by atoms with Gasteiger partial charge in [-0.25, -0.2) is 0 Å². The SMILES string of the molecule is C=CC(=O)N1CCC(C)(Nc2ccc(OC)c(C(F)(F)F)c2)C1.CC. The van der Waals surface area contributed by atoms with Crippen LogP contribution in [0.5, 0.6) is 5.75 Å². The fourth-order valence-corrected chi connectivity index (χ4v) is 2.74. The van der Waals surface area contributed by atoms with Crippen molar-refractivity contribution in [2.24, 2.45) is 0 Å². The monoisotopic (exact) mass is 358 g/mol. The van der Waals surface area contributed by atoms with E-state index in [9.17, 15) is 18.0 Å². The fraction of sp³-hybridized carbons (Fsp3) is 0.500. The highest BCUT2D eigenvalue weighted by Crippen LogP contribution is 2.38. The molecule has 4 nitrogen and oxygen atoms in total. The minimum absolute atomic E-state index is 0.179. The van der Waals surface area contributed by atoms with Gasteiger partial charge in [0.2, 0.25) is 5.91 Å². The van der Waals surface area contributed by atoms with Crippen LogP contribution >= 0.6 is 0 Å². The molecular formula is C18H25F3N2O2. The van der Waals surface area contributed by atoms with Gasteiger partial charge in [0.15, 0.2) is 0 Å². The van der Waals surface area contributed by atoms with Crippen molar-refractivity contribution in [2.45, 2.75) is 38.9 Å². The maximum atomic E-state index is 13.1. The Morgan fingerprint density at radius 2 is 2.04 bits per heavy atom. The van der Waals surface area contributed by atoms with Crippen LogP contribution in [-0.2, 0) is 11.0 Å². The number of carbonyl (C=O) groups is 1. The van der Waals surface area contributed by atoms with Gasteiger partial charge < -0.3 is 15.0 Å². The Morgan fingerprint density at radius 1 is 1.40 bits per heavy atom. The third kappa shape index (κ3) is 5.14. The summed E-state index contributed by atoms with van der Waals surface area (Å²) in [5, 5.41) is 3.11. The standard InChI is InChI=1S/C16H19F3N2O2.C2H6/c1-4-14(22)21-8-7-15(2,10-21)20-11-5-6-13(23-3)12(9-11)16(17,18)19;1-2/h4-6,9,20H,1,7-8,10H2,2-3H3;1-2H3. The lowest BCUT2D eigenvalue weighted by Crippen LogP contribution is -2.39. The largest absolute Gasteiger partial charge is 0.496 e. The van der Waals surface area contributed by atoms with Gasteiger partial charge >= 0.3 is 6.18 Å². The summed E-state index contributed by atoms with van der Waals surface area (Å²) >= 11 is 0. The molecule has 7 heteroatoms. The van der Waals surface area contributed by atoms with Crippen LogP contribution < -0.4 is 10.1 Å². The summed E-state index contributed by atoms with van der Waals surface area (Å²) in [6.45, 7) is 10.3. The number of carbonyl (C=O) groups excluding carboxylic acids is 1. The Bertz CT molecular complexity index is 617. The van der Waals surface area contributed by atoms with Gasteiger partial charge in [-0.05, 0) is 37.6 Å². The van der Waals surface area contributed by atoms with Crippen molar-refractivity contribution in [3.8, 4) is 5.75 Å². The van der Waals surface area contributed by atoms with Gasteiger partial charge in [0.25, 0.3) is 0 Å². The van der Waals surface area contributed by atoms with E-state index in [1.807, 2.05) is 20.8 Å². The van der Waals surface area contributed by atoms with Crippen molar-refractivity contribution >= 4 is 11.6 Å². The number of anilines is 1. The Kier molecular flexibility index (Phi) is 6.90. The minimum Gasteiger partial charge on any atom is -0.496 e. The number of halogens is 3. The summed E-state index contributed by atoms with van der Waals surface area (Å²) in [5.41, 5.74) is -0.977. The molecule has 2 rings (SSSR count). The molecular weight excluding hydrogens is 333 g/mol. The molecule has 0 aromatic heterocycles. The first kappa shape index (κ1) is 20.9. The summed E-state index contributed by atoms with van der Waals surface area (Å²) in [6, 6.07) is 3.86. The molecule has 1 aromatic carbocycles. The zero-order chi connectivity index (χ0) is 19.3. The van der Waals surface area contributed by atoms with Crippen LogP contribution in [0.15, 0.2) is 30.9 Å². The van der Waals surface area contributed by atoms with Crippen molar-refractivity contribution < 1.29 is 22.7 Å². The second-order valence-electron chi connectivity index (χ2n) is 5.81. The number of ether oxygens (including phenoxy) is 1. The number of amides is 1. The van der Waals surface area contributed by atoms with E-state index in [1.165, 1.54) is 25.3 Å². The molecule has 1 unspecified atom stereocenters. The van der Waals surface area contributed by atoms with Crippen LogP contribution in [0, 0.1) is 0 Å². The van der Waals surface area contributed by atoms with E-state index >= 15 is 0 Å². The quantitative estimate of drug-likeness (QED) is 0.815. The molecule has 1 amide bonds. The first-order chi connectivity index (χ1) is 11.7. The zero-order valence-electron chi connectivity index (χ0n) is 15.0. The van der Waals surface area contributed by atoms with Crippen LogP contribution in [0.2, 0.25) is 0 Å². The lowest BCUT2D eigenvalue weighted by molar-refractivity contribution is -0.138. The molecule has 1 atom stereocenters. The Labute approximate surface area is 146 Å². The highest BCUT2D eigenvalue weighted by Gasteiger charge is 2.37. The molecule has 0 radical (unpaired) electrons. The molecule has 1 saturated heterocycles. The number of alkyl halides is 3. The van der Waals surface area contributed by atoms with Gasteiger partial charge in [0.1, 0.15) is 5.75 Å². The molecule has 0 saturated carbocycles. The van der Waals surface area contributed by atoms with Crippen molar-refractivity contribution in [3.63, 3.8) is 0 Å². The van der Waals surface area contributed by atoms with Gasteiger partial charge in [-0.3, -0.25) is 4.79 Å². The Balaban J connectivity index is 0.00000151. The molecule has 1 fully saturated rings. The molecule has 140 valence electrons. The van der Waals surface area contributed by atoms with Gasteiger partial charge in [0.05, 0.1) is 18.2 Å². The second kappa shape index (κ2) is 8.27. The summed E-state index contributed by atoms with van der Waals surface area (Å²) in [4.78, 5) is 13.3. The average molecular weight is 358 g/mol. The van der Waals surface area contributed by atoms with Crippen LogP contribution in [0.25, 0.3) is 0 Å². The molecule has 1 aliphatic rings. The first-order valence-electron chi connectivity index (χ1n) is 8.13. The topological polar surface area (TPSA) is 41.6 Å². The van der Waals surface area contributed by atoms with Crippen molar-refractivity contribution in [1.29, 1.82) is 0 Å². The minimum atomic E-state index is -4.50. The van der Waals surface area contributed by atoms with Crippen LogP contribution in [0.1, 0.15) is 32.8 Å². The molecule has 1 aliphatic heterocycles. The number of hydrogen-bond acceptors (Lipinski definition) is 3. The third-order valence-corrected chi connectivity index (χ3v) is 3.91. The fourth-order valence-electron chi connectivity index (χ4n) is 2.74. The molecule has 0 bridgehead atoms. The molecule has 1 N–H and O–H groups in total.